The molecule has 0 amide bonds. The van der Waals surface area contributed by atoms with Gasteiger partial charge in [0.1, 0.15) is 24.5 Å². The van der Waals surface area contributed by atoms with Crippen LogP contribution in [0.2, 0.25) is 0 Å². The monoisotopic (exact) mass is 601 g/mol. The molecule has 1 aliphatic heterocycles. The maximum Gasteiger partial charge on any atom is 0.339 e. The number of carboxylic acid groups (broad SMARTS) is 1. The van der Waals surface area contributed by atoms with Gasteiger partial charge in [-0.1, -0.05) is 13.8 Å². The molecular formula is C25H37ClN5O8P. The molecule has 4 saturated carbocycles. The molecule has 40 heavy (non-hydrogen) atoms. The van der Waals surface area contributed by atoms with Crippen LogP contribution in [0.25, 0.3) is 0 Å². The molecule has 6 rings (SSSR count). The Morgan fingerprint density at radius 2 is 1.95 bits per heavy atom. The minimum absolute atomic E-state index is 0.00957. The molecule has 5 N–H and O–H groups in total. The van der Waals surface area contributed by atoms with Gasteiger partial charge in [0.25, 0.3) is 0 Å². The van der Waals surface area contributed by atoms with Crippen LogP contribution in [0.4, 0.5) is 5.82 Å². The van der Waals surface area contributed by atoms with Crippen molar-refractivity contribution in [2.45, 2.75) is 89.0 Å². The molecule has 4 aliphatic carbocycles. The molecule has 5 aliphatic rings. The van der Waals surface area contributed by atoms with Crippen molar-refractivity contribution in [3.63, 3.8) is 0 Å². The highest BCUT2D eigenvalue weighted by molar-refractivity contribution is 7.53. The Bertz CT molecular complexity index is 1240. The van der Waals surface area contributed by atoms with E-state index < -0.39 is 50.9 Å². The number of carbonyl (C=O) groups is 1. The summed E-state index contributed by atoms with van der Waals surface area (Å²) in [4.78, 5) is 33.0. The van der Waals surface area contributed by atoms with Crippen LogP contribution in [-0.2, 0) is 25.2 Å². The number of hydrogen-bond acceptors (Lipinski definition) is 9. The number of halogens is 1. The van der Waals surface area contributed by atoms with Crippen molar-refractivity contribution in [2.75, 3.05) is 12.8 Å². The number of imidazole rings is 1. The van der Waals surface area contributed by atoms with Crippen molar-refractivity contribution in [1.29, 1.82) is 0 Å². The average Bonchev–Trinajstić information content (AvgIpc) is 3.33. The lowest BCUT2D eigenvalue weighted by Gasteiger charge is -2.65. The quantitative estimate of drug-likeness (QED) is 0.115. The summed E-state index contributed by atoms with van der Waals surface area (Å²) in [6.07, 6.45) is 1.99. The molecule has 0 spiro atoms. The lowest BCUT2D eigenvalue weighted by molar-refractivity contribution is -0.134. The first kappa shape index (κ1) is 29.8. The first-order valence-corrected chi connectivity index (χ1v) is 15.5. The lowest BCUT2D eigenvalue weighted by Crippen LogP contribution is -2.63. The van der Waals surface area contributed by atoms with Gasteiger partial charge in [0.15, 0.2) is 12.0 Å². The molecule has 5 fully saturated rings. The fraction of sp³-hybridized carbons (Fsp3) is 0.760. The number of carboxylic acids is 1. The molecular weight excluding hydrogens is 565 g/mol. The van der Waals surface area contributed by atoms with Gasteiger partial charge in [-0.25, -0.2) is 9.98 Å². The van der Waals surface area contributed by atoms with E-state index in [1.54, 1.807) is 0 Å². The molecule has 1 aromatic rings. The van der Waals surface area contributed by atoms with E-state index in [0.29, 0.717) is 29.0 Å². The van der Waals surface area contributed by atoms with E-state index in [-0.39, 0.29) is 16.7 Å². The summed E-state index contributed by atoms with van der Waals surface area (Å²) in [6.45, 7) is 7.96. The molecule has 4 bridgehead atoms. The van der Waals surface area contributed by atoms with Crippen LogP contribution >= 0.6 is 19.2 Å². The molecule has 1 aromatic heterocycles. The molecule has 0 aromatic carbocycles. The van der Waals surface area contributed by atoms with E-state index in [2.05, 4.69) is 40.9 Å². The molecule has 15 heteroatoms. The first-order chi connectivity index (χ1) is 18.6. The van der Waals surface area contributed by atoms with Crippen LogP contribution in [0.5, 0.6) is 0 Å². The summed E-state index contributed by atoms with van der Waals surface area (Å²) in [5, 5.41) is 33.8. The van der Waals surface area contributed by atoms with E-state index in [9.17, 15) is 24.5 Å². The van der Waals surface area contributed by atoms with Crippen molar-refractivity contribution in [3.05, 3.63) is 12.0 Å². The van der Waals surface area contributed by atoms with E-state index >= 15 is 0 Å². The third-order valence-corrected chi connectivity index (χ3v) is 10.2. The van der Waals surface area contributed by atoms with E-state index in [0.717, 1.165) is 19.3 Å². The number of aliphatic hydroxyl groups excluding tert-OH is 2. The number of aliphatic imine (C=N–C) groups is 2. The van der Waals surface area contributed by atoms with Gasteiger partial charge in [0, 0.05) is 12.1 Å². The van der Waals surface area contributed by atoms with Gasteiger partial charge in [-0.3, -0.25) is 13.9 Å². The van der Waals surface area contributed by atoms with E-state index in [4.69, 9.17) is 26.0 Å². The predicted octanol–water partition coefficient (Wildman–Crippen LogP) is 2.55. The Morgan fingerprint density at radius 1 is 1.27 bits per heavy atom. The van der Waals surface area contributed by atoms with Crippen LogP contribution in [0.3, 0.4) is 0 Å². The topological polar surface area (TPSA) is 188 Å². The third-order valence-electron chi connectivity index (χ3n) is 8.81. The SMILES string of the molecule is C=NC(Cl)=Nc1c(CNC23CC4C[C@@](C)(C2)C[C@](C)(C4)C3)ncn1[C@@H]1O[C@H](COP(=O)(O)CC(=O)O)C(O)C1O. The number of hydrogen-bond donors (Lipinski definition) is 5. The Balaban J connectivity index is 1.35. The first-order valence-electron chi connectivity index (χ1n) is 13.4. The lowest BCUT2D eigenvalue weighted by atomic mass is 9.43. The van der Waals surface area contributed by atoms with Crippen LogP contribution in [0.15, 0.2) is 16.3 Å². The molecule has 1 saturated heterocycles. The highest BCUT2D eigenvalue weighted by atomic mass is 35.5. The van der Waals surface area contributed by atoms with Crippen molar-refractivity contribution in [3.8, 4) is 0 Å². The summed E-state index contributed by atoms with van der Waals surface area (Å²) in [6, 6.07) is 0. The van der Waals surface area contributed by atoms with Crippen LogP contribution in [0.1, 0.15) is 64.3 Å². The summed E-state index contributed by atoms with van der Waals surface area (Å²) in [7, 11) is -4.47. The zero-order chi connectivity index (χ0) is 29.1. The maximum atomic E-state index is 12.0. The second-order valence-electron chi connectivity index (χ2n) is 12.8. The smallest absolute Gasteiger partial charge is 0.339 e. The number of aliphatic carboxylic acids is 1. The summed E-state index contributed by atoms with van der Waals surface area (Å²) < 4.78 is 24.0. The molecule has 0 radical (unpaired) electrons. The zero-order valence-corrected chi connectivity index (χ0v) is 24.2. The van der Waals surface area contributed by atoms with Crippen molar-refractivity contribution in [2.24, 2.45) is 26.7 Å². The average molecular weight is 602 g/mol. The normalized spacial score (nSPS) is 40.4. The number of nitrogens with one attached hydrogen (secondary N) is 1. The number of aliphatic hydroxyl groups is 2. The van der Waals surface area contributed by atoms with Gasteiger partial charge in [-0.2, -0.15) is 4.99 Å². The molecule has 9 atom stereocenters. The largest absolute Gasteiger partial charge is 0.481 e. The van der Waals surface area contributed by atoms with Gasteiger partial charge in [0.2, 0.25) is 5.29 Å². The van der Waals surface area contributed by atoms with Gasteiger partial charge in [-0.05, 0) is 73.6 Å². The number of ether oxygens (including phenoxy) is 1. The van der Waals surface area contributed by atoms with Gasteiger partial charge < -0.3 is 34.8 Å². The van der Waals surface area contributed by atoms with Crippen LogP contribution in [0, 0.1) is 16.7 Å². The standard InChI is InChI=1S/C25H37ClN5O8P/c1-23-4-14-5-24(2,10-23)12-25(6-14,11-23)29-7-15-20(30-22(26)27-3)31(13-28-15)21-19(35)18(34)16(39-21)8-38-40(36,37)9-17(32)33/h13-14,16,18-19,21,29,34-35H,3-12H2,1-2H3,(H,32,33)(H,36,37)/t14?,16-,18?,19?,21-,23-,24+,25?/m1/s1. The van der Waals surface area contributed by atoms with Gasteiger partial charge in [0.05, 0.1) is 18.6 Å². The van der Waals surface area contributed by atoms with Crippen molar-refractivity contribution in [1.82, 2.24) is 14.9 Å². The Morgan fingerprint density at radius 3 is 2.55 bits per heavy atom. The van der Waals surface area contributed by atoms with E-state index in [1.807, 2.05) is 0 Å². The Labute approximate surface area is 237 Å². The Kier molecular flexibility index (Phi) is 7.84. The minimum atomic E-state index is -4.47. The van der Waals surface area contributed by atoms with Gasteiger partial charge in [-0.15, -0.1) is 0 Å². The summed E-state index contributed by atoms with van der Waals surface area (Å²) in [5.41, 5.74) is 1.16. The minimum Gasteiger partial charge on any atom is -0.481 e. The van der Waals surface area contributed by atoms with Crippen molar-refractivity contribution < 1.29 is 38.8 Å². The molecule has 2 heterocycles. The fourth-order valence-corrected chi connectivity index (χ4v) is 9.26. The molecule has 13 nitrogen and oxygen atoms in total. The van der Waals surface area contributed by atoms with Crippen molar-refractivity contribution >= 4 is 43.0 Å². The van der Waals surface area contributed by atoms with E-state index in [1.165, 1.54) is 30.2 Å². The van der Waals surface area contributed by atoms with Crippen LogP contribution < -0.4 is 5.32 Å². The Hall–Kier alpha value is -1.70. The number of nitrogens with zero attached hydrogens (tertiary/aromatic N) is 4. The van der Waals surface area contributed by atoms with Gasteiger partial charge >= 0.3 is 13.6 Å². The maximum absolute atomic E-state index is 12.0. The summed E-state index contributed by atoms with van der Waals surface area (Å²) >= 11 is 6.12. The highest BCUT2D eigenvalue weighted by Crippen LogP contribution is 2.66. The van der Waals surface area contributed by atoms with Crippen LogP contribution in [-0.4, -0.2) is 84.4 Å². The molecule has 5 unspecified atom stereocenters. The third kappa shape index (κ3) is 5.94. The second-order valence-corrected chi connectivity index (χ2v) is 14.9. The summed E-state index contributed by atoms with van der Waals surface area (Å²) in [5.74, 6) is -0.563. The number of aromatic nitrogens is 2. The zero-order valence-electron chi connectivity index (χ0n) is 22.6. The molecule has 222 valence electrons. The second kappa shape index (κ2) is 10.5. The predicted molar refractivity (Wildman–Crippen MR) is 146 cm³/mol. The number of amidine groups is 1. The number of rotatable bonds is 10. The highest BCUT2D eigenvalue weighted by Gasteiger charge is 2.60. The fourth-order valence-electron chi connectivity index (χ4n) is 8.37.